The molecule has 82 valence electrons. The number of nitrogens with zero attached hydrogens (tertiary/aromatic N) is 1. The van der Waals surface area contributed by atoms with Gasteiger partial charge in [-0.1, -0.05) is 12.1 Å². The molecule has 0 amide bonds. The zero-order chi connectivity index (χ0) is 11.0. The Balaban J connectivity index is 2.24. The lowest BCUT2D eigenvalue weighted by atomic mass is 10.1. The van der Waals surface area contributed by atoms with E-state index < -0.39 is 6.43 Å². The molecule has 1 aliphatic rings. The minimum Gasteiger partial charge on any atom is -0.292 e. The smallest absolute Gasteiger partial charge is 0.263 e. The Bertz CT molecular complexity index is 361. The Labute approximate surface area is 88.7 Å². The molecule has 0 fully saturated rings. The van der Waals surface area contributed by atoms with Crippen LogP contribution in [0.2, 0.25) is 0 Å². The molecule has 0 saturated heterocycles. The van der Waals surface area contributed by atoms with Crippen molar-refractivity contribution in [3.63, 3.8) is 0 Å². The Kier molecular flexibility index (Phi) is 2.74. The van der Waals surface area contributed by atoms with Gasteiger partial charge in [0.15, 0.2) is 0 Å². The van der Waals surface area contributed by atoms with E-state index in [1.165, 1.54) is 11.6 Å². The summed E-state index contributed by atoms with van der Waals surface area (Å²) >= 11 is 0. The first-order chi connectivity index (χ1) is 7.08. The zero-order valence-electron chi connectivity index (χ0n) is 9.00. The average molecular weight is 211 g/mol. The predicted octanol–water partition coefficient (Wildman–Crippen LogP) is 3.35. The van der Waals surface area contributed by atoms with Crippen LogP contribution in [0.25, 0.3) is 0 Å². The van der Waals surface area contributed by atoms with Crippen molar-refractivity contribution in [1.29, 1.82) is 0 Å². The molecule has 0 aliphatic carbocycles. The summed E-state index contributed by atoms with van der Waals surface area (Å²) in [6.45, 7) is 5.93. The van der Waals surface area contributed by atoms with Gasteiger partial charge in [0.2, 0.25) is 0 Å². The van der Waals surface area contributed by atoms with E-state index in [9.17, 15) is 8.78 Å². The molecular weight excluding hydrogens is 196 g/mol. The Hall–Kier alpha value is -0.960. The van der Waals surface area contributed by atoms with E-state index in [0.29, 0.717) is 6.04 Å². The Morgan fingerprint density at radius 1 is 1.13 bits per heavy atom. The van der Waals surface area contributed by atoms with Crippen molar-refractivity contribution in [2.45, 2.75) is 39.4 Å². The van der Waals surface area contributed by atoms with Crippen molar-refractivity contribution >= 4 is 0 Å². The Morgan fingerprint density at radius 2 is 1.80 bits per heavy atom. The summed E-state index contributed by atoms with van der Waals surface area (Å²) < 4.78 is 25.0. The van der Waals surface area contributed by atoms with Crippen molar-refractivity contribution in [3.8, 4) is 0 Å². The van der Waals surface area contributed by atoms with Crippen LogP contribution in [0.1, 0.15) is 37.0 Å². The van der Waals surface area contributed by atoms with Gasteiger partial charge in [0.25, 0.3) is 6.43 Å². The molecule has 1 aliphatic heterocycles. The van der Waals surface area contributed by atoms with Gasteiger partial charge in [-0.15, -0.1) is 0 Å². The van der Waals surface area contributed by atoms with Gasteiger partial charge in [0, 0.05) is 24.7 Å². The second-order valence-electron chi connectivity index (χ2n) is 4.33. The van der Waals surface area contributed by atoms with Gasteiger partial charge in [-0.3, -0.25) is 4.90 Å². The highest BCUT2D eigenvalue weighted by Crippen LogP contribution is 2.28. The van der Waals surface area contributed by atoms with E-state index in [0.717, 1.165) is 18.7 Å². The van der Waals surface area contributed by atoms with Gasteiger partial charge in [0.05, 0.1) is 0 Å². The lowest BCUT2D eigenvalue weighted by molar-refractivity contribution is 0.151. The number of hydrogen-bond donors (Lipinski definition) is 0. The van der Waals surface area contributed by atoms with Gasteiger partial charge >= 0.3 is 0 Å². The van der Waals surface area contributed by atoms with Crippen LogP contribution >= 0.6 is 0 Å². The number of fused-ring (bicyclic) bond motifs is 1. The van der Waals surface area contributed by atoms with Crippen LogP contribution in [0.5, 0.6) is 0 Å². The van der Waals surface area contributed by atoms with Crippen molar-refractivity contribution < 1.29 is 8.78 Å². The molecule has 3 heteroatoms. The summed E-state index contributed by atoms with van der Waals surface area (Å²) in [7, 11) is 0. The molecule has 0 N–H and O–H groups in total. The number of benzene rings is 1. The predicted molar refractivity (Wildman–Crippen MR) is 55.8 cm³/mol. The van der Waals surface area contributed by atoms with Crippen LogP contribution in [0, 0.1) is 0 Å². The van der Waals surface area contributed by atoms with Crippen molar-refractivity contribution in [2.75, 3.05) is 0 Å². The molecule has 1 heterocycles. The van der Waals surface area contributed by atoms with Crippen LogP contribution in [0.3, 0.4) is 0 Å². The molecule has 0 bridgehead atoms. The maximum absolute atomic E-state index is 12.5. The molecule has 0 radical (unpaired) electrons. The standard InChI is InChI=1S/C12H15F2N/c1-8(2)15-6-10-4-3-9(12(13)14)5-11(10)7-15/h3-5,8,12H,6-7H2,1-2H3. The summed E-state index contributed by atoms with van der Waals surface area (Å²) in [5.41, 5.74) is 2.38. The summed E-state index contributed by atoms with van der Waals surface area (Å²) in [5.74, 6) is 0. The molecule has 1 aromatic rings. The molecule has 0 saturated carbocycles. The molecule has 0 spiro atoms. The minimum atomic E-state index is -2.36. The maximum Gasteiger partial charge on any atom is 0.263 e. The number of hydrogen-bond acceptors (Lipinski definition) is 1. The highest BCUT2D eigenvalue weighted by atomic mass is 19.3. The topological polar surface area (TPSA) is 3.24 Å². The van der Waals surface area contributed by atoms with Crippen LogP contribution in [0.4, 0.5) is 8.78 Å². The number of alkyl halides is 2. The van der Waals surface area contributed by atoms with Crippen LogP contribution in [-0.2, 0) is 13.1 Å². The highest BCUT2D eigenvalue weighted by Gasteiger charge is 2.22. The van der Waals surface area contributed by atoms with Gasteiger partial charge in [-0.05, 0) is 31.0 Å². The molecule has 0 unspecified atom stereocenters. The van der Waals surface area contributed by atoms with E-state index in [-0.39, 0.29) is 5.56 Å². The SMILES string of the molecule is CC(C)N1Cc2ccc(C(F)F)cc2C1. The largest absolute Gasteiger partial charge is 0.292 e. The van der Waals surface area contributed by atoms with E-state index in [4.69, 9.17) is 0 Å². The maximum atomic E-state index is 12.5. The summed E-state index contributed by atoms with van der Waals surface area (Å²) in [5, 5.41) is 0. The Morgan fingerprint density at radius 3 is 2.40 bits per heavy atom. The molecule has 1 nitrogen and oxygen atoms in total. The van der Waals surface area contributed by atoms with Crippen LogP contribution in [-0.4, -0.2) is 10.9 Å². The quantitative estimate of drug-likeness (QED) is 0.725. The molecular formula is C12H15F2N. The van der Waals surface area contributed by atoms with Gasteiger partial charge in [-0.25, -0.2) is 8.78 Å². The summed E-state index contributed by atoms with van der Waals surface area (Å²) in [4.78, 5) is 2.28. The van der Waals surface area contributed by atoms with Gasteiger partial charge in [-0.2, -0.15) is 0 Å². The molecule has 1 aromatic carbocycles. The van der Waals surface area contributed by atoms with Crippen LogP contribution in [0.15, 0.2) is 18.2 Å². The first-order valence-electron chi connectivity index (χ1n) is 5.22. The second kappa shape index (κ2) is 3.89. The molecule has 15 heavy (non-hydrogen) atoms. The van der Waals surface area contributed by atoms with Gasteiger partial charge < -0.3 is 0 Å². The minimum absolute atomic E-state index is 0.138. The zero-order valence-corrected chi connectivity index (χ0v) is 9.00. The van der Waals surface area contributed by atoms with Crippen molar-refractivity contribution in [2.24, 2.45) is 0 Å². The van der Waals surface area contributed by atoms with Crippen molar-refractivity contribution in [3.05, 3.63) is 34.9 Å². The fourth-order valence-electron chi connectivity index (χ4n) is 1.94. The normalized spacial score (nSPS) is 16.4. The van der Waals surface area contributed by atoms with Crippen molar-refractivity contribution in [1.82, 2.24) is 4.90 Å². The third-order valence-electron chi connectivity index (χ3n) is 2.96. The number of rotatable bonds is 2. The van der Waals surface area contributed by atoms with Crippen LogP contribution < -0.4 is 0 Å². The monoisotopic (exact) mass is 211 g/mol. The molecule has 2 rings (SSSR count). The van der Waals surface area contributed by atoms with E-state index in [1.54, 1.807) is 6.07 Å². The number of halogens is 2. The average Bonchev–Trinajstić information content (AvgIpc) is 2.59. The lowest BCUT2D eigenvalue weighted by Crippen LogP contribution is -2.24. The molecule has 0 atom stereocenters. The fraction of sp³-hybridized carbons (Fsp3) is 0.500. The summed E-state index contributed by atoms with van der Waals surface area (Å²) in [6.07, 6.45) is -2.36. The summed E-state index contributed by atoms with van der Waals surface area (Å²) in [6, 6.07) is 5.47. The highest BCUT2D eigenvalue weighted by molar-refractivity contribution is 5.35. The third kappa shape index (κ3) is 2.02. The van der Waals surface area contributed by atoms with E-state index in [2.05, 4.69) is 18.7 Å². The van der Waals surface area contributed by atoms with Gasteiger partial charge in [0.1, 0.15) is 0 Å². The molecule has 0 aromatic heterocycles. The van der Waals surface area contributed by atoms with E-state index >= 15 is 0 Å². The first-order valence-corrected chi connectivity index (χ1v) is 5.22. The lowest BCUT2D eigenvalue weighted by Gasteiger charge is -2.18. The second-order valence-corrected chi connectivity index (χ2v) is 4.33. The first kappa shape index (κ1) is 10.6. The third-order valence-corrected chi connectivity index (χ3v) is 2.96. The van der Waals surface area contributed by atoms with E-state index in [1.807, 2.05) is 6.07 Å². The fourth-order valence-corrected chi connectivity index (χ4v) is 1.94.